The number of benzene rings is 1. The number of nitrogens with one attached hydrogen (secondary N) is 1. The largest absolute Gasteiger partial charge is 0.439 e. The summed E-state index contributed by atoms with van der Waals surface area (Å²) in [6, 6.07) is 8.14. The molecule has 1 heterocycles. The number of halogens is 2. The summed E-state index contributed by atoms with van der Waals surface area (Å²) >= 11 is 3.22. The zero-order valence-corrected chi connectivity index (χ0v) is 11.4. The summed E-state index contributed by atoms with van der Waals surface area (Å²) < 4.78 is 19.5. The predicted molar refractivity (Wildman–Crippen MR) is 71.2 cm³/mol. The third kappa shape index (κ3) is 3.27. The van der Waals surface area contributed by atoms with E-state index < -0.39 is 0 Å². The minimum atomic E-state index is -0.356. The second-order valence-electron chi connectivity index (χ2n) is 3.71. The van der Waals surface area contributed by atoms with Crippen molar-refractivity contribution in [3.8, 4) is 11.6 Å². The molecule has 0 saturated heterocycles. The second kappa shape index (κ2) is 5.93. The SMILES string of the molecule is CNCc1cccnc1Oc1cc(F)cc(Br)c1. The van der Waals surface area contributed by atoms with Crippen molar-refractivity contribution in [2.75, 3.05) is 7.05 Å². The highest BCUT2D eigenvalue weighted by Gasteiger charge is 2.07. The van der Waals surface area contributed by atoms with Gasteiger partial charge in [-0.05, 0) is 25.2 Å². The Labute approximate surface area is 113 Å². The van der Waals surface area contributed by atoms with Gasteiger partial charge in [-0.15, -0.1) is 0 Å². The third-order valence-corrected chi connectivity index (χ3v) is 2.73. The van der Waals surface area contributed by atoms with Gasteiger partial charge in [-0.2, -0.15) is 0 Å². The molecule has 1 aromatic carbocycles. The van der Waals surface area contributed by atoms with E-state index in [9.17, 15) is 4.39 Å². The maximum absolute atomic E-state index is 13.2. The van der Waals surface area contributed by atoms with Crippen LogP contribution in [-0.4, -0.2) is 12.0 Å². The molecule has 3 nitrogen and oxygen atoms in total. The van der Waals surface area contributed by atoms with E-state index in [1.807, 2.05) is 19.2 Å². The molecule has 1 aromatic heterocycles. The molecule has 0 amide bonds. The van der Waals surface area contributed by atoms with Crippen LogP contribution in [0.2, 0.25) is 0 Å². The molecule has 0 spiro atoms. The lowest BCUT2D eigenvalue weighted by Gasteiger charge is -2.09. The summed E-state index contributed by atoms with van der Waals surface area (Å²) in [4.78, 5) is 4.15. The van der Waals surface area contributed by atoms with Gasteiger partial charge in [0, 0.05) is 28.8 Å². The van der Waals surface area contributed by atoms with Crippen LogP contribution in [-0.2, 0) is 6.54 Å². The fourth-order valence-corrected chi connectivity index (χ4v) is 1.98. The molecule has 2 rings (SSSR count). The van der Waals surface area contributed by atoms with Crippen molar-refractivity contribution >= 4 is 15.9 Å². The number of aromatic nitrogens is 1. The standard InChI is InChI=1S/C13H12BrFN2O/c1-16-8-9-3-2-4-17-13(9)18-12-6-10(14)5-11(15)7-12/h2-7,16H,8H2,1H3. The lowest BCUT2D eigenvalue weighted by molar-refractivity contribution is 0.449. The molecule has 0 radical (unpaired) electrons. The highest BCUT2D eigenvalue weighted by molar-refractivity contribution is 9.10. The fraction of sp³-hybridized carbons (Fsp3) is 0.154. The van der Waals surface area contributed by atoms with Crippen molar-refractivity contribution in [1.29, 1.82) is 0 Å². The molecule has 0 bridgehead atoms. The van der Waals surface area contributed by atoms with E-state index in [1.54, 1.807) is 12.3 Å². The number of hydrogen-bond donors (Lipinski definition) is 1. The summed E-state index contributed by atoms with van der Waals surface area (Å²) in [7, 11) is 1.84. The minimum absolute atomic E-state index is 0.356. The Kier molecular flexibility index (Phi) is 4.28. The van der Waals surface area contributed by atoms with Crippen molar-refractivity contribution in [3.05, 3.63) is 52.4 Å². The van der Waals surface area contributed by atoms with Crippen molar-refractivity contribution in [1.82, 2.24) is 10.3 Å². The Balaban J connectivity index is 2.27. The van der Waals surface area contributed by atoms with Crippen molar-refractivity contribution in [2.24, 2.45) is 0 Å². The molecule has 5 heteroatoms. The quantitative estimate of drug-likeness (QED) is 0.938. The van der Waals surface area contributed by atoms with Crippen molar-refractivity contribution in [2.45, 2.75) is 6.54 Å². The van der Waals surface area contributed by atoms with E-state index >= 15 is 0 Å². The molecule has 0 saturated carbocycles. The van der Waals surface area contributed by atoms with Gasteiger partial charge in [-0.1, -0.05) is 22.0 Å². The maximum Gasteiger partial charge on any atom is 0.223 e. The van der Waals surface area contributed by atoms with Crippen LogP contribution >= 0.6 is 15.9 Å². The van der Waals surface area contributed by atoms with Gasteiger partial charge < -0.3 is 10.1 Å². The highest BCUT2D eigenvalue weighted by Crippen LogP contribution is 2.26. The topological polar surface area (TPSA) is 34.2 Å². The van der Waals surface area contributed by atoms with E-state index in [0.29, 0.717) is 22.6 Å². The monoisotopic (exact) mass is 310 g/mol. The Morgan fingerprint density at radius 3 is 2.94 bits per heavy atom. The van der Waals surface area contributed by atoms with E-state index in [-0.39, 0.29) is 5.82 Å². The smallest absolute Gasteiger partial charge is 0.223 e. The Morgan fingerprint density at radius 2 is 2.22 bits per heavy atom. The zero-order chi connectivity index (χ0) is 13.0. The van der Waals surface area contributed by atoms with Crippen LogP contribution in [0.15, 0.2) is 41.0 Å². The van der Waals surface area contributed by atoms with Crippen LogP contribution in [0.3, 0.4) is 0 Å². The number of rotatable bonds is 4. The van der Waals surface area contributed by atoms with Gasteiger partial charge in [0.15, 0.2) is 0 Å². The van der Waals surface area contributed by atoms with Crippen LogP contribution in [0.1, 0.15) is 5.56 Å². The summed E-state index contributed by atoms with van der Waals surface area (Å²) in [5, 5.41) is 3.03. The first-order valence-corrected chi connectivity index (χ1v) is 6.21. The molecule has 0 aliphatic heterocycles. The van der Waals surface area contributed by atoms with Crippen LogP contribution in [0.25, 0.3) is 0 Å². The average molecular weight is 311 g/mol. The van der Waals surface area contributed by atoms with Crippen molar-refractivity contribution in [3.63, 3.8) is 0 Å². The molecule has 94 valence electrons. The predicted octanol–water partition coefficient (Wildman–Crippen LogP) is 3.49. The van der Waals surface area contributed by atoms with Gasteiger partial charge in [0.25, 0.3) is 0 Å². The van der Waals surface area contributed by atoms with E-state index in [1.165, 1.54) is 12.1 Å². The molecule has 1 N–H and O–H groups in total. The summed E-state index contributed by atoms with van der Waals surface area (Å²) in [6.07, 6.45) is 1.64. The Bertz CT molecular complexity index is 528. The van der Waals surface area contributed by atoms with Gasteiger partial charge >= 0.3 is 0 Å². The number of ether oxygens (including phenoxy) is 1. The molecule has 0 atom stereocenters. The first-order valence-electron chi connectivity index (χ1n) is 5.41. The Morgan fingerprint density at radius 1 is 1.39 bits per heavy atom. The zero-order valence-electron chi connectivity index (χ0n) is 9.78. The van der Waals surface area contributed by atoms with Gasteiger partial charge in [-0.3, -0.25) is 0 Å². The van der Waals surface area contributed by atoms with Gasteiger partial charge in [0.05, 0.1) is 0 Å². The van der Waals surface area contributed by atoms with E-state index in [0.717, 1.165) is 5.56 Å². The molecular formula is C13H12BrFN2O. The minimum Gasteiger partial charge on any atom is -0.439 e. The molecular weight excluding hydrogens is 299 g/mol. The highest BCUT2D eigenvalue weighted by atomic mass is 79.9. The van der Waals surface area contributed by atoms with E-state index in [2.05, 4.69) is 26.2 Å². The van der Waals surface area contributed by atoms with E-state index in [4.69, 9.17) is 4.74 Å². The lowest BCUT2D eigenvalue weighted by Crippen LogP contribution is -2.07. The number of pyridine rings is 1. The summed E-state index contributed by atoms with van der Waals surface area (Å²) in [5.74, 6) is 0.535. The van der Waals surface area contributed by atoms with Crippen LogP contribution in [0.5, 0.6) is 11.6 Å². The summed E-state index contributed by atoms with van der Waals surface area (Å²) in [5.41, 5.74) is 0.917. The number of hydrogen-bond acceptors (Lipinski definition) is 3. The molecule has 18 heavy (non-hydrogen) atoms. The normalized spacial score (nSPS) is 10.4. The van der Waals surface area contributed by atoms with Gasteiger partial charge in [-0.25, -0.2) is 9.37 Å². The lowest BCUT2D eigenvalue weighted by atomic mass is 10.2. The van der Waals surface area contributed by atoms with Gasteiger partial charge in [0.1, 0.15) is 11.6 Å². The first-order chi connectivity index (χ1) is 8.69. The first kappa shape index (κ1) is 13.0. The molecule has 2 aromatic rings. The van der Waals surface area contributed by atoms with Crippen molar-refractivity contribution < 1.29 is 9.13 Å². The van der Waals surface area contributed by atoms with Crippen LogP contribution < -0.4 is 10.1 Å². The molecule has 0 aliphatic rings. The second-order valence-corrected chi connectivity index (χ2v) is 4.62. The fourth-order valence-electron chi connectivity index (χ4n) is 1.54. The molecule has 0 aliphatic carbocycles. The molecule has 0 unspecified atom stereocenters. The maximum atomic E-state index is 13.2. The third-order valence-electron chi connectivity index (χ3n) is 2.27. The van der Waals surface area contributed by atoms with Crippen LogP contribution in [0.4, 0.5) is 4.39 Å². The Hall–Kier alpha value is -1.46. The van der Waals surface area contributed by atoms with Crippen LogP contribution in [0, 0.1) is 5.82 Å². The molecule has 0 fully saturated rings. The average Bonchev–Trinajstić information content (AvgIpc) is 2.30. The van der Waals surface area contributed by atoms with Gasteiger partial charge in [0.2, 0.25) is 5.88 Å². The number of nitrogens with zero attached hydrogens (tertiary/aromatic N) is 1. The summed E-state index contributed by atoms with van der Waals surface area (Å²) in [6.45, 7) is 0.639.